The molecule has 0 aromatic heterocycles. The highest BCUT2D eigenvalue weighted by atomic mass is 19.1. The highest BCUT2D eigenvalue weighted by Crippen LogP contribution is 1.96. The molecule has 0 heterocycles. The van der Waals surface area contributed by atoms with E-state index in [0.29, 0.717) is 39.4 Å². The summed E-state index contributed by atoms with van der Waals surface area (Å²) in [4.78, 5) is 10.9. The molecule has 0 saturated heterocycles. The molecule has 3 N–H and O–H groups in total. The van der Waals surface area contributed by atoms with E-state index >= 15 is 0 Å². The third-order valence-corrected chi connectivity index (χ3v) is 2.39. The second kappa shape index (κ2) is 13.2. The van der Waals surface area contributed by atoms with Gasteiger partial charge in [0.05, 0.1) is 45.7 Å². The Morgan fingerprint density at radius 2 is 2.00 bits per heavy atom. The first-order valence-electron chi connectivity index (χ1n) is 6.98. The summed E-state index contributed by atoms with van der Waals surface area (Å²) in [6.07, 6.45) is -0.982. The molecule has 6 nitrogen and oxygen atoms in total. The Morgan fingerprint density at radius 1 is 1.25 bits per heavy atom. The first-order valence-corrected chi connectivity index (χ1v) is 6.98. The fraction of sp³-hybridized carbons (Fsp3) is 0.923. The molecule has 2 atom stereocenters. The maximum atomic E-state index is 13.3. The number of carbonyl (C=O) groups is 1. The molecule has 7 heteroatoms. The molecule has 0 rings (SSSR count). The number of alkyl halides is 1. The van der Waals surface area contributed by atoms with Crippen LogP contribution in [0.1, 0.15) is 20.3 Å². The summed E-state index contributed by atoms with van der Waals surface area (Å²) in [5.74, 6) is -0.165. The van der Waals surface area contributed by atoms with Crippen LogP contribution < -0.4 is 11.1 Å². The molecule has 0 aliphatic rings. The van der Waals surface area contributed by atoms with Crippen molar-refractivity contribution in [2.45, 2.75) is 32.5 Å². The van der Waals surface area contributed by atoms with Crippen molar-refractivity contribution in [3.05, 3.63) is 0 Å². The van der Waals surface area contributed by atoms with Gasteiger partial charge in [-0.25, -0.2) is 4.39 Å². The highest BCUT2D eigenvalue weighted by molar-refractivity contribution is 5.75. The van der Waals surface area contributed by atoms with E-state index in [1.165, 1.54) is 0 Å². The van der Waals surface area contributed by atoms with Crippen molar-refractivity contribution >= 4 is 5.91 Å². The average molecular weight is 294 g/mol. The van der Waals surface area contributed by atoms with Crippen LogP contribution in [-0.4, -0.2) is 64.3 Å². The van der Waals surface area contributed by atoms with Crippen molar-refractivity contribution in [3.63, 3.8) is 0 Å². The average Bonchev–Trinajstić information content (AvgIpc) is 2.44. The van der Waals surface area contributed by atoms with E-state index in [1.807, 2.05) is 6.92 Å². The normalized spacial score (nSPS) is 14.0. The van der Waals surface area contributed by atoms with E-state index in [9.17, 15) is 9.18 Å². The predicted molar refractivity (Wildman–Crippen MR) is 74.3 cm³/mol. The molecule has 0 bridgehead atoms. The number of hydrogen-bond donors (Lipinski definition) is 2. The highest BCUT2D eigenvalue weighted by Gasteiger charge is 2.09. The monoisotopic (exact) mass is 294 g/mol. The van der Waals surface area contributed by atoms with Crippen LogP contribution in [0.25, 0.3) is 0 Å². The van der Waals surface area contributed by atoms with Gasteiger partial charge in [-0.2, -0.15) is 0 Å². The summed E-state index contributed by atoms with van der Waals surface area (Å²) >= 11 is 0. The lowest BCUT2D eigenvalue weighted by Gasteiger charge is -2.15. The maximum Gasteiger partial charge on any atom is 0.219 e. The number of ether oxygens (including phenoxy) is 3. The van der Waals surface area contributed by atoms with E-state index < -0.39 is 6.17 Å². The van der Waals surface area contributed by atoms with Crippen LogP contribution in [0.4, 0.5) is 4.39 Å². The van der Waals surface area contributed by atoms with Gasteiger partial charge in [-0.05, 0) is 6.92 Å². The summed E-state index contributed by atoms with van der Waals surface area (Å²) in [5.41, 5.74) is 5.27. The third-order valence-electron chi connectivity index (χ3n) is 2.39. The molecular weight excluding hydrogens is 267 g/mol. The molecule has 1 amide bonds. The number of rotatable bonds is 13. The Bertz CT molecular complexity index is 244. The summed E-state index contributed by atoms with van der Waals surface area (Å²) in [6, 6.07) is 0. The summed E-state index contributed by atoms with van der Waals surface area (Å²) in [7, 11) is 0. The van der Waals surface area contributed by atoms with Crippen LogP contribution >= 0.6 is 0 Å². The molecule has 0 saturated carbocycles. The molecule has 20 heavy (non-hydrogen) atoms. The van der Waals surface area contributed by atoms with Gasteiger partial charge in [-0.3, -0.25) is 4.79 Å². The minimum Gasteiger partial charge on any atom is -0.378 e. The summed E-state index contributed by atoms with van der Waals surface area (Å²) in [5, 5.41) is 2.47. The van der Waals surface area contributed by atoms with Crippen molar-refractivity contribution in [1.29, 1.82) is 0 Å². The maximum absolute atomic E-state index is 13.3. The molecule has 0 aliphatic carbocycles. The van der Waals surface area contributed by atoms with E-state index in [2.05, 4.69) is 5.32 Å². The van der Waals surface area contributed by atoms with Crippen LogP contribution in [0.2, 0.25) is 0 Å². The van der Waals surface area contributed by atoms with Gasteiger partial charge in [0, 0.05) is 13.0 Å². The molecule has 0 spiro atoms. The minimum absolute atomic E-state index is 0.0190. The Hall–Kier alpha value is -0.760. The minimum atomic E-state index is -1.20. The van der Waals surface area contributed by atoms with Crippen LogP contribution in [0.5, 0.6) is 0 Å². The molecule has 0 aromatic rings. The zero-order valence-corrected chi connectivity index (χ0v) is 12.4. The molecule has 2 unspecified atom stereocenters. The smallest absolute Gasteiger partial charge is 0.219 e. The second-order valence-corrected chi connectivity index (χ2v) is 4.37. The number of hydrogen-bond acceptors (Lipinski definition) is 5. The molecule has 0 radical (unpaired) electrons. The Balaban J connectivity index is 3.41. The largest absolute Gasteiger partial charge is 0.378 e. The second-order valence-electron chi connectivity index (χ2n) is 4.37. The zero-order valence-electron chi connectivity index (χ0n) is 12.4. The van der Waals surface area contributed by atoms with Crippen LogP contribution in [0.15, 0.2) is 0 Å². The standard InChI is InChI=1S/C13H27FN2O4/c1-3-13(17)16-8-12(14)10-19-9-11(2)20-7-6-18-5-4-15/h11-12H,3-10,15H2,1-2H3,(H,16,17). The summed E-state index contributed by atoms with van der Waals surface area (Å²) in [6.45, 7) is 5.73. The van der Waals surface area contributed by atoms with E-state index in [-0.39, 0.29) is 25.2 Å². The Kier molecular flexibility index (Phi) is 12.7. The van der Waals surface area contributed by atoms with Crippen molar-refractivity contribution in [2.75, 3.05) is 46.1 Å². The van der Waals surface area contributed by atoms with Gasteiger partial charge in [0.1, 0.15) is 6.17 Å². The lowest BCUT2D eigenvalue weighted by molar-refractivity contribution is -0.121. The number of halogens is 1. The van der Waals surface area contributed by atoms with Crippen molar-refractivity contribution in [1.82, 2.24) is 5.32 Å². The fourth-order valence-corrected chi connectivity index (χ4v) is 1.31. The molecule has 0 aliphatic heterocycles. The van der Waals surface area contributed by atoms with Gasteiger partial charge in [0.25, 0.3) is 0 Å². The van der Waals surface area contributed by atoms with E-state index in [4.69, 9.17) is 19.9 Å². The van der Waals surface area contributed by atoms with Gasteiger partial charge in [0.15, 0.2) is 0 Å². The quantitative estimate of drug-likeness (QED) is 0.476. The SMILES string of the molecule is CCC(=O)NCC(F)COCC(C)OCCOCCN. The molecular formula is C13H27FN2O4. The number of amides is 1. The Labute approximate surface area is 120 Å². The number of nitrogens with two attached hydrogens (primary N) is 1. The van der Waals surface area contributed by atoms with Gasteiger partial charge in [-0.15, -0.1) is 0 Å². The molecule has 120 valence electrons. The fourth-order valence-electron chi connectivity index (χ4n) is 1.31. The van der Waals surface area contributed by atoms with Crippen molar-refractivity contribution in [3.8, 4) is 0 Å². The van der Waals surface area contributed by atoms with Gasteiger partial charge >= 0.3 is 0 Å². The van der Waals surface area contributed by atoms with Crippen molar-refractivity contribution in [2.24, 2.45) is 5.73 Å². The topological polar surface area (TPSA) is 82.8 Å². The third kappa shape index (κ3) is 12.3. The lowest BCUT2D eigenvalue weighted by atomic mass is 10.3. The lowest BCUT2D eigenvalue weighted by Crippen LogP contribution is -2.32. The number of nitrogens with one attached hydrogen (secondary N) is 1. The van der Waals surface area contributed by atoms with Crippen LogP contribution in [0, 0.1) is 0 Å². The number of carbonyl (C=O) groups excluding carboxylic acids is 1. The van der Waals surface area contributed by atoms with E-state index in [0.717, 1.165) is 0 Å². The zero-order chi connectivity index (χ0) is 15.2. The van der Waals surface area contributed by atoms with Gasteiger partial charge in [-0.1, -0.05) is 6.92 Å². The van der Waals surface area contributed by atoms with Crippen molar-refractivity contribution < 1.29 is 23.4 Å². The summed E-state index contributed by atoms with van der Waals surface area (Å²) < 4.78 is 29.1. The predicted octanol–water partition coefficient (Wildman–Crippen LogP) is 0.248. The van der Waals surface area contributed by atoms with E-state index in [1.54, 1.807) is 6.92 Å². The first-order chi connectivity index (χ1) is 9.60. The molecule has 0 aromatic carbocycles. The van der Waals surface area contributed by atoms with Crippen LogP contribution in [0.3, 0.4) is 0 Å². The van der Waals surface area contributed by atoms with Gasteiger partial charge in [0.2, 0.25) is 5.91 Å². The van der Waals surface area contributed by atoms with Crippen LogP contribution in [-0.2, 0) is 19.0 Å². The molecule has 0 fully saturated rings. The Morgan fingerprint density at radius 3 is 2.65 bits per heavy atom. The van der Waals surface area contributed by atoms with Gasteiger partial charge < -0.3 is 25.3 Å². The first kappa shape index (κ1) is 19.2.